The van der Waals surface area contributed by atoms with E-state index in [1.165, 1.54) is 17.7 Å². The normalized spacial score (nSPS) is 15.3. The molecule has 0 aromatic rings. The van der Waals surface area contributed by atoms with Gasteiger partial charge in [0, 0.05) is 12.4 Å². The molecule has 19 heavy (non-hydrogen) atoms. The zero-order chi connectivity index (χ0) is 14.1. The summed E-state index contributed by atoms with van der Waals surface area (Å²) in [4.78, 5) is 15.4. The van der Waals surface area contributed by atoms with Gasteiger partial charge in [-0.05, 0) is 39.4 Å². The molecule has 1 aliphatic heterocycles. The van der Waals surface area contributed by atoms with Crippen LogP contribution in [0.2, 0.25) is 0 Å². The molecule has 0 saturated heterocycles. The largest absolute Gasteiger partial charge is 0.449 e. The highest BCUT2D eigenvalue weighted by atomic mass is 16.6. The predicted octanol–water partition coefficient (Wildman–Crippen LogP) is 3.22. The van der Waals surface area contributed by atoms with Crippen molar-refractivity contribution in [2.24, 2.45) is 5.92 Å². The Morgan fingerprint density at radius 2 is 1.79 bits per heavy atom. The van der Waals surface area contributed by atoms with Gasteiger partial charge in [0.15, 0.2) is 0 Å². The molecule has 0 spiro atoms. The van der Waals surface area contributed by atoms with E-state index in [0.717, 1.165) is 19.4 Å². The maximum absolute atomic E-state index is 11.7. The number of allylic oxidation sites excluding steroid dienone is 2. The van der Waals surface area contributed by atoms with Crippen LogP contribution in [-0.4, -0.2) is 43.1 Å². The van der Waals surface area contributed by atoms with Crippen molar-refractivity contribution in [3.63, 3.8) is 0 Å². The van der Waals surface area contributed by atoms with E-state index < -0.39 is 0 Å². The van der Waals surface area contributed by atoms with Crippen LogP contribution >= 0.6 is 0 Å². The van der Waals surface area contributed by atoms with Crippen molar-refractivity contribution >= 4 is 6.09 Å². The van der Waals surface area contributed by atoms with Crippen molar-refractivity contribution in [2.45, 2.75) is 32.6 Å². The lowest BCUT2D eigenvalue weighted by molar-refractivity contribution is 0.125. The number of unbranched alkanes of at least 4 members (excludes halogenated alkanes) is 3. The number of hydrogen-bond acceptors (Lipinski definition) is 3. The van der Waals surface area contributed by atoms with Crippen molar-refractivity contribution in [1.82, 2.24) is 9.80 Å². The summed E-state index contributed by atoms with van der Waals surface area (Å²) < 4.78 is 5.22. The molecule has 1 aliphatic rings. The van der Waals surface area contributed by atoms with Gasteiger partial charge in [-0.25, -0.2) is 4.79 Å². The maximum Gasteiger partial charge on any atom is 0.417 e. The van der Waals surface area contributed by atoms with Crippen LogP contribution in [0.3, 0.4) is 0 Å². The van der Waals surface area contributed by atoms with Gasteiger partial charge in [0.1, 0.15) is 0 Å². The van der Waals surface area contributed by atoms with Crippen LogP contribution in [-0.2, 0) is 4.74 Å². The molecule has 0 saturated carbocycles. The molecule has 0 N–H and O–H groups in total. The Balaban J connectivity index is 2.02. The molecule has 1 amide bonds. The smallest absolute Gasteiger partial charge is 0.417 e. The van der Waals surface area contributed by atoms with E-state index in [0.29, 0.717) is 12.5 Å². The number of rotatable bonds is 7. The summed E-state index contributed by atoms with van der Waals surface area (Å²) in [5.74, 6) is 0.390. The first kappa shape index (κ1) is 15.8. The first-order valence-electron chi connectivity index (χ1n) is 7.06. The Hall–Kier alpha value is -1.29. The summed E-state index contributed by atoms with van der Waals surface area (Å²) in [7, 11) is 4.17. The molecular formula is C15H26N2O2. The number of carbonyl (C=O) groups excluding carboxylic acids is 1. The average Bonchev–Trinajstić information content (AvgIpc) is 2.38. The fourth-order valence-corrected chi connectivity index (χ4v) is 1.81. The summed E-state index contributed by atoms with van der Waals surface area (Å²) in [6.07, 6.45) is 11.7. The third-order valence-electron chi connectivity index (χ3n) is 3.04. The molecule has 1 heterocycles. The van der Waals surface area contributed by atoms with Gasteiger partial charge in [-0.1, -0.05) is 31.9 Å². The van der Waals surface area contributed by atoms with Gasteiger partial charge in [0.2, 0.25) is 0 Å². The molecular weight excluding hydrogens is 240 g/mol. The van der Waals surface area contributed by atoms with Crippen molar-refractivity contribution in [2.75, 3.05) is 27.2 Å². The molecule has 1 rings (SSSR count). The first-order chi connectivity index (χ1) is 9.09. The molecule has 108 valence electrons. The minimum Gasteiger partial charge on any atom is -0.449 e. The quantitative estimate of drug-likeness (QED) is 0.663. The molecule has 4 heteroatoms. The van der Waals surface area contributed by atoms with Crippen LogP contribution in [0, 0.1) is 5.92 Å². The van der Waals surface area contributed by atoms with Gasteiger partial charge in [-0.2, -0.15) is 0 Å². The van der Waals surface area contributed by atoms with Crippen LogP contribution in [0.25, 0.3) is 0 Å². The second-order valence-electron chi connectivity index (χ2n) is 5.28. The summed E-state index contributed by atoms with van der Waals surface area (Å²) >= 11 is 0. The number of amides is 1. The molecule has 0 unspecified atom stereocenters. The maximum atomic E-state index is 11.7. The van der Waals surface area contributed by atoms with Crippen LogP contribution in [0.4, 0.5) is 4.79 Å². The van der Waals surface area contributed by atoms with E-state index in [4.69, 9.17) is 4.74 Å². The van der Waals surface area contributed by atoms with E-state index in [2.05, 4.69) is 25.9 Å². The monoisotopic (exact) mass is 266 g/mol. The summed E-state index contributed by atoms with van der Waals surface area (Å²) in [5, 5.41) is 0. The third-order valence-corrected chi connectivity index (χ3v) is 3.04. The van der Waals surface area contributed by atoms with Gasteiger partial charge in [-0.3, -0.25) is 4.90 Å². The van der Waals surface area contributed by atoms with E-state index in [1.54, 1.807) is 12.4 Å². The summed E-state index contributed by atoms with van der Waals surface area (Å²) in [6, 6.07) is 0. The zero-order valence-electron chi connectivity index (χ0n) is 12.3. The lowest BCUT2D eigenvalue weighted by Gasteiger charge is -2.17. The number of hydrogen-bond donors (Lipinski definition) is 0. The topological polar surface area (TPSA) is 32.8 Å². The van der Waals surface area contributed by atoms with Crippen LogP contribution < -0.4 is 0 Å². The van der Waals surface area contributed by atoms with E-state index in [9.17, 15) is 4.79 Å². The molecule has 0 bridgehead atoms. The fourth-order valence-electron chi connectivity index (χ4n) is 1.81. The predicted molar refractivity (Wildman–Crippen MR) is 77.7 cm³/mol. The standard InChI is InChI=1S/C15H26N2O2/c1-14-8-11-17(12-9-14)15(18)19-13-7-5-4-6-10-16(2)3/h8-9,11-12,14H,4-7,10,13H2,1-3H3. The molecule has 0 aromatic carbocycles. The van der Waals surface area contributed by atoms with Crippen molar-refractivity contribution in [3.05, 3.63) is 24.6 Å². The highest BCUT2D eigenvalue weighted by Crippen LogP contribution is 2.10. The Bertz CT molecular complexity index is 310. The number of ether oxygens (including phenoxy) is 1. The Kier molecular flexibility index (Phi) is 7.26. The molecule has 0 aliphatic carbocycles. The Morgan fingerprint density at radius 1 is 1.16 bits per heavy atom. The van der Waals surface area contributed by atoms with Crippen molar-refractivity contribution < 1.29 is 9.53 Å². The molecule has 4 nitrogen and oxygen atoms in total. The minimum atomic E-state index is -0.285. The number of nitrogens with zero attached hydrogens (tertiary/aromatic N) is 2. The summed E-state index contributed by atoms with van der Waals surface area (Å²) in [6.45, 7) is 3.71. The van der Waals surface area contributed by atoms with Gasteiger partial charge >= 0.3 is 6.09 Å². The molecule has 0 fully saturated rings. The van der Waals surface area contributed by atoms with Gasteiger partial charge in [0.05, 0.1) is 6.61 Å². The van der Waals surface area contributed by atoms with Crippen molar-refractivity contribution in [3.8, 4) is 0 Å². The average molecular weight is 266 g/mol. The van der Waals surface area contributed by atoms with Gasteiger partial charge < -0.3 is 9.64 Å². The highest BCUT2D eigenvalue weighted by molar-refractivity contribution is 5.70. The Labute approximate surface area is 116 Å². The molecule has 0 radical (unpaired) electrons. The van der Waals surface area contributed by atoms with E-state index >= 15 is 0 Å². The highest BCUT2D eigenvalue weighted by Gasteiger charge is 2.11. The Morgan fingerprint density at radius 3 is 2.42 bits per heavy atom. The van der Waals surface area contributed by atoms with Crippen LogP contribution in [0.1, 0.15) is 32.6 Å². The zero-order valence-corrected chi connectivity index (χ0v) is 12.3. The molecule has 0 aromatic heterocycles. The molecule has 0 atom stereocenters. The fraction of sp³-hybridized carbons (Fsp3) is 0.667. The van der Waals surface area contributed by atoms with Crippen LogP contribution in [0.5, 0.6) is 0 Å². The van der Waals surface area contributed by atoms with E-state index in [1.807, 2.05) is 12.2 Å². The second-order valence-corrected chi connectivity index (χ2v) is 5.28. The van der Waals surface area contributed by atoms with Gasteiger partial charge in [-0.15, -0.1) is 0 Å². The third kappa shape index (κ3) is 7.01. The SMILES string of the molecule is CC1C=CN(C(=O)OCCCCCCN(C)C)C=C1. The van der Waals surface area contributed by atoms with E-state index in [-0.39, 0.29) is 6.09 Å². The van der Waals surface area contributed by atoms with Crippen LogP contribution in [0.15, 0.2) is 24.6 Å². The minimum absolute atomic E-state index is 0.285. The lowest BCUT2D eigenvalue weighted by Crippen LogP contribution is -2.23. The van der Waals surface area contributed by atoms with Crippen molar-refractivity contribution in [1.29, 1.82) is 0 Å². The second kappa shape index (κ2) is 8.75. The summed E-state index contributed by atoms with van der Waals surface area (Å²) in [5.41, 5.74) is 0. The van der Waals surface area contributed by atoms with Gasteiger partial charge in [0.25, 0.3) is 0 Å². The lowest BCUT2D eigenvalue weighted by atomic mass is 10.1. The first-order valence-corrected chi connectivity index (χ1v) is 7.06. The number of carbonyl (C=O) groups is 1.